The van der Waals surface area contributed by atoms with Crippen LogP contribution in [0.4, 0.5) is 5.82 Å². The summed E-state index contributed by atoms with van der Waals surface area (Å²) >= 11 is 13.7. The van der Waals surface area contributed by atoms with Crippen LogP contribution in [-0.2, 0) is 11.4 Å². The summed E-state index contributed by atoms with van der Waals surface area (Å²) in [5.74, 6) is 0.629. The van der Waals surface area contributed by atoms with Gasteiger partial charge in [-0.05, 0) is 31.9 Å². The molecule has 1 aliphatic rings. The van der Waals surface area contributed by atoms with Gasteiger partial charge in [-0.25, -0.2) is 9.97 Å². The number of aryl methyl sites for hydroxylation is 1. The Balaban J connectivity index is 1.88. The number of aldehydes is 1. The molecule has 0 bridgehead atoms. The van der Waals surface area contributed by atoms with E-state index in [1.54, 1.807) is 6.07 Å². The van der Waals surface area contributed by atoms with E-state index in [4.69, 9.17) is 28.9 Å². The number of nitrogens with two attached hydrogens (primary N) is 1. The van der Waals surface area contributed by atoms with Crippen molar-refractivity contribution in [1.82, 2.24) is 9.97 Å². The van der Waals surface area contributed by atoms with E-state index in [9.17, 15) is 9.90 Å². The normalized spacial score (nSPS) is 16.4. The summed E-state index contributed by atoms with van der Waals surface area (Å²) in [4.78, 5) is 23.2. The minimum atomic E-state index is -0.780. The average Bonchev–Trinajstić information content (AvgIpc) is 2.67. The molecule has 1 aliphatic heterocycles. The molecule has 0 amide bonds. The molecule has 1 saturated heterocycles. The molecule has 2 heterocycles. The van der Waals surface area contributed by atoms with Crippen LogP contribution in [0.1, 0.15) is 24.2 Å². The molecular formula is C18H20Cl2N4O2S. The van der Waals surface area contributed by atoms with Crippen molar-refractivity contribution in [3.8, 4) is 0 Å². The summed E-state index contributed by atoms with van der Waals surface area (Å²) in [7, 11) is 0. The van der Waals surface area contributed by atoms with Gasteiger partial charge >= 0.3 is 0 Å². The van der Waals surface area contributed by atoms with Crippen LogP contribution in [0.25, 0.3) is 0 Å². The number of hydrogen-bond acceptors (Lipinski definition) is 7. The number of benzene rings is 1. The first-order chi connectivity index (χ1) is 12.9. The molecule has 9 heteroatoms. The van der Waals surface area contributed by atoms with E-state index in [2.05, 4.69) is 9.97 Å². The van der Waals surface area contributed by atoms with Gasteiger partial charge in [-0.2, -0.15) is 0 Å². The Kier molecular flexibility index (Phi) is 6.28. The SMILES string of the molecule is Cc1nc(N2CCC(N)(C=O)CC2)c(CO)nc1Sc1cccc(Cl)c1Cl. The minimum absolute atomic E-state index is 0.239. The van der Waals surface area contributed by atoms with Crippen molar-refractivity contribution in [3.05, 3.63) is 39.6 Å². The number of aliphatic hydroxyl groups excluding tert-OH is 1. The van der Waals surface area contributed by atoms with Crippen LogP contribution in [0, 0.1) is 6.92 Å². The van der Waals surface area contributed by atoms with Crippen molar-refractivity contribution < 1.29 is 9.90 Å². The van der Waals surface area contributed by atoms with Gasteiger partial charge in [-0.15, -0.1) is 0 Å². The van der Waals surface area contributed by atoms with Crippen LogP contribution in [0.3, 0.4) is 0 Å². The van der Waals surface area contributed by atoms with E-state index in [1.165, 1.54) is 11.8 Å². The number of nitrogens with zero attached hydrogens (tertiary/aromatic N) is 3. The predicted molar refractivity (Wildman–Crippen MR) is 108 cm³/mol. The van der Waals surface area contributed by atoms with Crippen LogP contribution >= 0.6 is 35.0 Å². The van der Waals surface area contributed by atoms with E-state index in [0.29, 0.717) is 52.5 Å². The van der Waals surface area contributed by atoms with E-state index in [0.717, 1.165) is 16.9 Å². The highest BCUT2D eigenvalue weighted by Crippen LogP contribution is 2.38. The molecule has 0 aliphatic carbocycles. The zero-order valence-electron chi connectivity index (χ0n) is 14.8. The first-order valence-corrected chi connectivity index (χ1v) is 10.0. The molecular weight excluding hydrogens is 407 g/mol. The molecule has 0 atom stereocenters. The highest BCUT2D eigenvalue weighted by atomic mass is 35.5. The fourth-order valence-corrected chi connectivity index (χ4v) is 4.28. The monoisotopic (exact) mass is 426 g/mol. The third kappa shape index (κ3) is 4.38. The largest absolute Gasteiger partial charge is 0.390 e. The summed E-state index contributed by atoms with van der Waals surface area (Å²) < 4.78 is 0. The average molecular weight is 427 g/mol. The molecule has 3 N–H and O–H groups in total. The Labute approximate surface area is 172 Å². The van der Waals surface area contributed by atoms with E-state index >= 15 is 0 Å². The fraction of sp³-hybridized carbons (Fsp3) is 0.389. The summed E-state index contributed by atoms with van der Waals surface area (Å²) in [6.45, 7) is 2.80. The number of aliphatic hydroxyl groups is 1. The molecule has 1 aromatic carbocycles. The fourth-order valence-electron chi connectivity index (χ4n) is 2.90. The third-order valence-electron chi connectivity index (χ3n) is 4.58. The number of piperidine rings is 1. The van der Waals surface area contributed by atoms with Crippen LogP contribution in [0.5, 0.6) is 0 Å². The van der Waals surface area contributed by atoms with Crippen LogP contribution < -0.4 is 10.6 Å². The lowest BCUT2D eigenvalue weighted by Crippen LogP contribution is -2.52. The Hall–Kier alpha value is -1.38. The number of anilines is 1. The summed E-state index contributed by atoms with van der Waals surface area (Å²) in [6, 6.07) is 5.40. The smallest absolute Gasteiger partial charge is 0.153 e. The summed E-state index contributed by atoms with van der Waals surface area (Å²) in [5.41, 5.74) is 6.46. The third-order valence-corrected chi connectivity index (χ3v) is 6.65. The maximum Gasteiger partial charge on any atom is 0.153 e. The van der Waals surface area contributed by atoms with Crippen molar-refractivity contribution in [2.45, 2.75) is 41.8 Å². The zero-order valence-corrected chi connectivity index (χ0v) is 17.1. The lowest BCUT2D eigenvalue weighted by atomic mass is 9.90. The van der Waals surface area contributed by atoms with Crippen LogP contribution in [-0.4, -0.2) is 40.0 Å². The van der Waals surface area contributed by atoms with Crippen molar-refractivity contribution in [1.29, 1.82) is 0 Å². The molecule has 0 radical (unpaired) electrons. The Bertz CT molecular complexity index is 857. The lowest BCUT2D eigenvalue weighted by molar-refractivity contribution is -0.112. The molecule has 6 nitrogen and oxygen atoms in total. The number of hydrogen-bond donors (Lipinski definition) is 2. The van der Waals surface area contributed by atoms with E-state index < -0.39 is 5.54 Å². The molecule has 144 valence electrons. The second-order valence-corrected chi connectivity index (χ2v) is 8.35. The number of aromatic nitrogens is 2. The molecule has 0 saturated carbocycles. The zero-order chi connectivity index (χ0) is 19.6. The van der Waals surface area contributed by atoms with Gasteiger partial charge in [-0.1, -0.05) is 41.0 Å². The van der Waals surface area contributed by atoms with E-state index in [1.807, 2.05) is 24.0 Å². The summed E-state index contributed by atoms with van der Waals surface area (Å²) in [6.07, 6.45) is 1.90. The van der Waals surface area contributed by atoms with Crippen molar-refractivity contribution in [2.75, 3.05) is 18.0 Å². The highest BCUT2D eigenvalue weighted by molar-refractivity contribution is 7.99. The molecule has 27 heavy (non-hydrogen) atoms. The minimum Gasteiger partial charge on any atom is -0.390 e. The second kappa shape index (κ2) is 8.32. The number of halogens is 2. The van der Waals surface area contributed by atoms with Gasteiger partial charge in [0.1, 0.15) is 17.0 Å². The Morgan fingerprint density at radius 1 is 1.33 bits per heavy atom. The molecule has 2 aromatic rings. The first kappa shape index (κ1) is 20.4. The molecule has 1 fully saturated rings. The molecule has 3 rings (SSSR count). The van der Waals surface area contributed by atoms with Crippen molar-refractivity contribution in [3.63, 3.8) is 0 Å². The molecule has 0 spiro atoms. The van der Waals surface area contributed by atoms with Crippen molar-refractivity contribution in [2.24, 2.45) is 5.73 Å². The lowest BCUT2D eigenvalue weighted by Gasteiger charge is -2.36. The van der Waals surface area contributed by atoms with Crippen LogP contribution in [0.15, 0.2) is 28.1 Å². The standard InChI is InChI=1S/C18H20Cl2N4O2S/c1-11-17(27-14-4-2-3-12(19)15(14)20)23-13(9-25)16(22-11)24-7-5-18(21,10-26)6-8-24/h2-4,10,25H,5-9,21H2,1H3. The van der Waals surface area contributed by atoms with Gasteiger partial charge in [0, 0.05) is 18.0 Å². The topological polar surface area (TPSA) is 92.3 Å². The van der Waals surface area contributed by atoms with Gasteiger partial charge in [0.2, 0.25) is 0 Å². The predicted octanol–water partition coefficient (Wildman–Crippen LogP) is 3.23. The maximum atomic E-state index is 11.1. The molecule has 0 unspecified atom stereocenters. The van der Waals surface area contributed by atoms with Crippen LogP contribution in [0.2, 0.25) is 10.0 Å². The quantitative estimate of drug-likeness (QED) is 0.708. The van der Waals surface area contributed by atoms with Gasteiger partial charge in [0.25, 0.3) is 0 Å². The summed E-state index contributed by atoms with van der Waals surface area (Å²) in [5, 5.41) is 11.4. The van der Waals surface area contributed by atoms with Gasteiger partial charge in [0.15, 0.2) is 5.82 Å². The molecule has 1 aromatic heterocycles. The van der Waals surface area contributed by atoms with Gasteiger partial charge < -0.3 is 20.5 Å². The Morgan fingerprint density at radius 2 is 2.04 bits per heavy atom. The second-order valence-electron chi connectivity index (χ2n) is 6.53. The van der Waals surface area contributed by atoms with Gasteiger partial charge in [-0.3, -0.25) is 0 Å². The number of carbonyl (C=O) groups is 1. The number of rotatable bonds is 5. The van der Waals surface area contributed by atoms with Crippen molar-refractivity contribution >= 4 is 47.1 Å². The van der Waals surface area contributed by atoms with Gasteiger partial charge in [0.05, 0.1) is 27.9 Å². The Morgan fingerprint density at radius 3 is 2.67 bits per heavy atom. The van der Waals surface area contributed by atoms with E-state index in [-0.39, 0.29) is 6.61 Å². The highest BCUT2D eigenvalue weighted by Gasteiger charge is 2.32. The maximum absolute atomic E-state index is 11.1. The first-order valence-electron chi connectivity index (χ1n) is 8.47. The number of carbonyl (C=O) groups excluding carboxylic acids is 1.